The fourth-order valence-corrected chi connectivity index (χ4v) is 2.75. The Labute approximate surface area is 154 Å². The van der Waals surface area contributed by atoms with Crippen LogP contribution in [0.5, 0.6) is 0 Å². The van der Waals surface area contributed by atoms with E-state index in [4.69, 9.17) is 39.2 Å². The second-order valence-electron chi connectivity index (χ2n) is 5.03. The number of rotatable bonds is 4. The van der Waals surface area contributed by atoms with Crippen molar-refractivity contribution in [2.75, 3.05) is 0 Å². The van der Waals surface area contributed by atoms with Gasteiger partial charge in [-0.25, -0.2) is 0 Å². The quantitative estimate of drug-likeness (QED) is 0.369. The summed E-state index contributed by atoms with van der Waals surface area (Å²) < 4.78 is 5.71. The largest absolute Gasteiger partial charge is 0.457 e. The first-order chi connectivity index (χ1) is 11.5. The van der Waals surface area contributed by atoms with Crippen LogP contribution in [0.4, 0.5) is 0 Å². The summed E-state index contributed by atoms with van der Waals surface area (Å²) in [6.45, 7) is 0. The van der Waals surface area contributed by atoms with Crippen molar-refractivity contribution in [2.24, 2.45) is 0 Å². The summed E-state index contributed by atoms with van der Waals surface area (Å²) in [6, 6.07) is 15.7. The maximum absolute atomic E-state index is 12.2. The van der Waals surface area contributed by atoms with Crippen LogP contribution in [0.3, 0.4) is 0 Å². The second kappa shape index (κ2) is 7.27. The predicted molar refractivity (Wildman–Crippen MR) is 99.0 cm³/mol. The van der Waals surface area contributed by atoms with Crippen LogP contribution >= 0.6 is 34.8 Å². The van der Waals surface area contributed by atoms with E-state index in [9.17, 15) is 4.79 Å². The van der Waals surface area contributed by atoms with Crippen molar-refractivity contribution in [3.8, 4) is 11.3 Å². The summed E-state index contributed by atoms with van der Waals surface area (Å²) in [5.74, 6) is 0.977. The Hall–Kier alpha value is -2.00. The van der Waals surface area contributed by atoms with E-state index in [1.807, 2.05) is 24.3 Å². The number of benzene rings is 2. The minimum Gasteiger partial charge on any atom is -0.457 e. The maximum atomic E-state index is 12.2. The molecule has 0 saturated carbocycles. The van der Waals surface area contributed by atoms with Gasteiger partial charge in [-0.1, -0.05) is 46.9 Å². The number of ketones is 1. The zero-order valence-electron chi connectivity index (χ0n) is 12.3. The summed E-state index contributed by atoms with van der Waals surface area (Å²) in [4.78, 5) is 12.2. The fraction of sp³-hybridized carbons (Fsp3) is 0. The lowest BCUT2D eigenvalue weighted by Crippen LogP contribution is -1.95. The number of hydrogen-bond acceptors (Lipinski definition) is 2. The van der Waals surface area contributed by atoms with Crippen LogP contribution in [-0.4, -0.2) is 5.78 Å². The maximum Gasteiger partial charge on any atom is 0.187 e. The Bertz CT molecular complexity index is 926. The minimum atomic E-state index is -0.247. The molecule has 0 radical (unpaired) electrons. The molecule has 0 amide bonds. The summed E-state index contributed by atoms with van der Waals surface area (Å²) in [7, 11) is 0. The van der Waals surface area contributed by atoms with E-state index in [-0.39, 0.29) is 5.78 Å². The van der Waals surface area contributed by atoms with Crippen LogP contribution in [0.15, 0.2) is 65.1 Å². The van der Waals surface area contributed by atoms with E-state index in [2.05, 4.69) is 0 Å². The molecular formula is C19H11Cl3O2. The third-order valence-corrected chi connectivity index (χ3v) is 4.13. The Morgan fingerprint density at radius 2 is 1.71 bits per heavy atom. The molecule has 2 nitrogen and oxygen atoms in total. The summed E-state index contributed by atoms with van der Waals surface area (Å²) in [5.41, 5.74) is 1.22. The lowest BCUT2D eigenvalue weighted by atomic mass is 10.1. The zero-order chi connectivity index (χ0) is 17.1. The van der Waals surface area contributed by atoms with Gasteiger partial charge in [0.1, 0.15) is 11.5 Å². The van der Waals surface area contributed by atoms with E-state index in [1.165, 1.54) is 12.1 Å². The molecule has 0 bridgehead atoms. The third-order valence-electron chi connectivity index (χ3n) is 3.33. The summed E-state index contributed by atoms with van der Waals surface area (Å²) >= 11 is 17.9. The predicted octanol–water partition coefficient (Wildman–Crippen LogP) is 6.80. The van der Waals surface area contributed by atoms with E-state index in [0.717, 1.165) is 5.56 Å². The molecule has 5 heteroatoms. The Morgan fingerprint density at radius 1 is 0.917 bits per heavy atom. The van der Waals surface area contributed by atoms with Gasteiger partial charge in [0, 0.05) is 21.2 Å². The van der Waals surface area contributed by atoms with Gasteiger partial charge < -0.3 is 4.42 Å². The van der Waals surface area contributed by atoms with Crippen LogP contribution in [-0.2, 0) is 0 Å². The van der Waals surface area contributed by atoms with E-state index in [1.54, 1.807) is 30.3 Å². The molecule has 0 aliphatic rings. The molecule has 0 atom stereocenters. The Morgan fingerprint density at radius 3 is 2.50 bits per heavy atom. The van der Waals surface area contributed by atoms with Crippen molar-refractivity contribution in [1.29, 1.82) is 0 Å². The first-order valence-corrected chi connectivity index (χ1v) is 8.19. The van der Waals surface area contributed by atoms with Crippen LogP contribution in [0.25, 0.3) is 17.4 Å². The zero-order valence-corrected chi connectivity index (χ0v) is 14.6. The van der Waals surface area contributed by atoms with Crippen molar-refractivity contribution in [2.45, 2.75) is 0 Å². The lowest BCUT2D eigenvalue weighted by molar-refractivity contribution is 0.104. The Kier molecular flexibility index (Phi) is 5.10. The van der Waals surface area contributed by atoms with Gasteiger partial charge in [0.15, 0.2) is 5.78 Å². The van der Waals surface area contributed by atoms with Crippen LogP contribution in [0.2, 0.25) is 15.1 Å². The van der Waals surface area contributed by atoms with Crippen LogP contribution < -0.4 is 0 Å². The highest BCUT2D eigenvalue weighted by molar-refractivity contribution is 6.36. The molecule has 2 aromatic carbocycles. The molecule has 1 heterocycles. The van der Waals surface area contributed by atoms with Gasteiger partial charge in [-0.15, -0.1) is 0 Å². The molecule has 0 unspecified atom stereocenters. The summed E-state index contributed by atoms with van der Waals surface area (Å²) in [6.07, 6.45) is 2.99. The van der Waals surface area contributed by atoms with Crippen molar-refractivity contribution in [1.82, 2.24) is 0 Å². The highest BCUT2D eigenvalue weighted by Gasteiger charge is 2.09. The molecule has 0 spiro atoms. The highest BCUT2D eigenvalue weighted by Crippen LogP contribution is 2.26. The van der Waals surface area contributed by atoms with Gasteiger partial charge in [0.05, 0.1) is 5.02 Å². The van der Waals surface area contributed by atoms with Gasteiger partial charge in [0.25, 0.3) is 0 Å². The molecule has 0 aliphatic carbocycles. The van der Waals surface area contributed by atoms with E-state index in [0.29, 0.717) is 32.2 Å². The van der Waals surface area contributed by atoms with Gasteiger partial charge in [-0.2, -0.15) is 0 Å². The summed E-state index contributed by atoms with van der Waals surface area (Å²) in [5, 5.41) is 1.44. The van der Waals surface area contributed by atoms with Gasteiger partial charge >= 0.3 is 0 Å². The topological polar surface area (TPSA) is 30.2 Å². The van der Waals surface area contributed by atoms with Crippen molar-refractivity contribution >= 4 is 46.7 Å². The molecular weight excluding hydrogens is 367 g/mol. The van der Waals surface area contributed by atoms with Crippen molar-refractivity contribution in [3.63, 3.8) is 0 Å². The number of hydrogen-bond donors (Lipinski definition) is 0. The number of carbonyl (C=O) groups excluding carboxylic acids is 1. The average molecular weight is 378 g/mol. The number of halogens is 3. The highest BCUT2D eigenvalue weighted by atomic mass is 35.5. The minimum absolute atomic E-state index is 0.247. The normalized spacial score (nSPS) is 11.1. The molecule has 3 aromatic rings. The standard InChI is InChI=1S/C19H11Cl3O2/c20-13-3-1-2-12(10-13)19-9-6-15(24-19)5-8-18(23)16-11-14(21)4-7-17(16)22/h1-11H. The van der Waals surface area contributed by atoms with Crippen LogP contribution in [0.1, 0.15) is 16.1 Å². The number of allylic oxidation sites excluding steroid dienone is 1. The van der Waals surface area contributed by atoms with Crippen molar-refractivity contribution < 1.29 is 9.21 Å². The first kappa shape index (κ1) is 16.8. The molecule has 3 rings (SSSR count). The fourth-order valence-electron chi connectivity index (χ4n) is 2.17. The van der Waals surface area contributed by atoms with E-state index >= 15 is 0 Å². The third kappa shape index (κ3) is 3.90. The smallest absolute Gasteiger partial charge is 0.187 e. The monoisotopic (exact) mass is 376 g/mol. The Balaban J connectivity index is 1.80. The van der Waals surface area contributed by atoms with Gasteiger partial charge in [0.2, 0.25) is 0 Å². The number of furan rings is 1. The molecule has 0 saturated heterocycles. The molecule has 120 valence electrons. The molecule has 24 heavy (non-hydrogen) atoms. The van der Waals surface area contributed by atoms with Crippen LogP contribution in [0, 0.1) is 0 Å². The molecule has 0 aliphatic heterocycles. The van der Waals surface area contributed by atoms with Gasteiger partial charge in [-0.05, 0) is 54.6 Å². The molecule has 0 N–H and O–H groups in total. The molecule has 0 fully saturated rings. The van der Waals surface area contributed by atoms with Crippen molar-refractivity contribution in [3.05, 3.63) is 87.1 Å². The lowest BCUT2D eigenvalue weighted by Gasteiger charge is -2.00. The SMILES string of the molecule is O=C(C=Cc1ccc(-c2cccc(Cl)c2)o1)c1cc(Cl)ccc1Cl. The van der Waals surface area contributed by atoms with Gasteiger partial charge in [-0.3, -0.25) is 4.79 Å². The number of carbonyl (C=O) groups is 1. The second-order valence-corrected chi connectivity index (χ2v) is 6.31. The average Bonchev–Trinajstić information content (AvgIpc) is 3.04. The molecule has 1 aromatic heterocycles. The first-order valence-electron chi connectivity index (χ1n) is 7.06. The van der Waals surface area contributed by atoms with E-state index < -0.39 is 0 Å².